The van der Waals surface area contributed by atoms with E-state index in [2.05, 4.69) is 0 Å². The summed E-state index contributed by atoms with van der Waals surface area (Å²) < 4.78 is 0. The van der Waals surface area contributed by atoms with Gasteiger partial charge < -0.3 is 0 Å². The topological polar surface area (TPSA) is 0 Å². The average molecular weight is 443 g/mol. The van der Waals surface area contributed by atoms with Crippen LogP contribution in [0, 0.1) is 118 Å². The van der Waals surface area contributed by atoms with Crippen LogP contribution in [0.3, 0.4) is 0 Å². The molecule has 0 atom stereocenters. The van der Waals surface area contributed by atoms with Crippen LogP contribution in [-0.2, 0) is 0 Å². The number of hydrogen-bond donors (Lipinski definition) is 0. The van der Waals surface area contributed by atoms with Crippen molar-refractivity contribution in [3.05, 3.63) is 0 Å². The fourth-order valence-electron chi connectivity index (χ4n) is 0. The SMILES string of the molecule is F.[Ce].[La].[Nd]. The van der Waals surface area contributed by atoms with E-state index in [4.69, 9.17) is 0 Å². The molecule has 4 heteroatoms. The molecule has 0 nitrogen and oxygen atoms in total. The fourth-order valence-corrected chi connectivity index (χ4v) is 0. The van der Waals surface area contributed by atoms with Crippen LogP contribution in [0.15, 0.2) is 0 Å². The van der Waals surface area contributed by atoms with E-state index >= 15 is 0 Å². The largest absolute Gasteiger partial charge is 0.269 e. The van der Waals surface area contributed by atoms with E-state index in [1.807, 2.05) is 0 Å². The normalized spacial score (nSPS) is 0. The summed E-state index contributed by atoms with van der Waals surface area (Å²) in [6.07, 6.45) is 0. The third kappa shape index (κ3) is 9.28. The average Bonchev–Trinajstić information content (AvgIpc) is 0. The number of hydrogen-bond acceptors (Lipinski definition) is 0. The Hall–Kier alpha value is 3.85. The molecule has 0 rings (SSSR count). The van der Waals surface area contributed by atoms with E-state index in [0.29, 0.717) is 0 Å². The zero-order valence-corrected chi connectivity index (χ0v) is 12.0. The Kier molecular flexibility index (Phi) is 98.2. The van der Waals surface area contributed by atoms with E-state index in [0.717, 1.165) is 0 Å². The molecule has 0 aromatic heterocycles. The van der Waals surface area contributed by atoms with E-state index in [1.165, 1.54) is 0 Å². The maximum absolute atomic E-state index is 0. The summed E-state index contributed by atoms with van der Waals surface area (Å²) in [4.78, 5) is 0. The first-order chi connectivity index (χ1) is 0. The summed E-state index contributed by atoms with van der Waals surface area (Å²) in [6.45, 7) is 0. The maximum atomic E-state index is 0. The van der Waals surface area contributed by atoms with Crippen LogP contribution < -0.4 is 0 Å². The molecule has 0 aromatic rings. The third-order valence-electron chi connectivity index (χ3n) is 0. The number of halogens is 1. The molecule has 0 saturated heterocycles. The van der Waals surface area contributed by atoms with Crippen LogP contribution >= 0.6 is 0 Å². The molecule has 0 heterocycles. The first-order valence-electron chi connectivity index (χ1n) is 0. The second kappa shape index (κ2) is 15.8. The van der Waals surface area contributed by atoms with Gasteiger partial charge in [0.1, 0.15) is 0 Å². The quantitative estimate of drug-likeness (QED) is 0.501. The van der Waals surface area contributed by atoms with Gasteiger partial charge in [0.15, 0.2) is 0 Å². The van der Waals surface area contributed by atoms with Gasteiger partial charge >= 0.3 is 0 Å². The van der Waals surface area contributed by atoms with Gasteiger partial charge in [0, 0.05) is 118 Å². The Labute approximate surface area is 119 Å². The van der Waals surface area contributed by atoms with Crippen molar-refractivity contribution in [2.24, 2.45) is 0 Å². The van der Waals surface area contributed by atoms with Crippen LogP contribution in [0.4, 0.5) is 4.70 Å². The van der Waals surface area contributed by atoms with Gasteiger partial charge in [-0.05, 0) is 0 Å². The van der Waals surface area contributed by atoms with Crippen LogP contribution in [0.25, 0.3) is 0 Å². The zero-order valence-electron chi connectivity index (χ0n) is 1.99. The van der Waals surface area contributed by atoms with Crippen molar-refractivity contribution in [1.29, 1.82) is 0 Å². The van der Waals surface area contributed by atoms with E-state index in [9.17, 15) is 0 Å². The van der Waals surface area contributed by atoms with Crippen molar-refractivity contribution >= 4 is 0 Å². The van der Waals surface area contributed by atoms with Crippen LogP contribution in [-0.4, -0.2) is 0 Å². The summed E-state index contributed by atoms with van der Waals surface area (Å²) in [5.41, 5.74) is 0. The van der Waals surface area contributed by atoms with Gasteiger partial charge in [-0.1, -0.05) is 0 Å². The minimum absolute atomic E-state index is 0. The molecule has 1 radical (unpaired) electrons. The van der Waals surface area contributed by atoms with Crippen molar-refractivity contribution in [3.63, 3.8) is 0 Å². The molecular weight excluding hydrogens is 442 g/mol. The van der Waals surface area contributed by atoms with Gasteiger partial charge in [-0.25, -0.2) is 0 Å². The van der Waals surface area contributed by atoms with E-state index in [-0.39, 0.29) is 123 Å². The van der Waals surface area contributed by atoms with Crippen molar-refractivity contribution in [1.82, 2.24) is 0 Å². The molecule has 0 saturated carbocycles. The second-order valence-corrected chi connectivity index (χ2v) is 0. The van der Waals surface area contributed by atoms with Crippen molar-refractivity contribution in [2.75, 3.05) is 0 Å². The Balaban J connectivity index is 0. The molecule has 19 valence electrons. The molecule has 0 aromatic carbocycles. The minimum Gasteiger partial charge on any atom is -0.269 e. The summed E-state index contributed by atoms with van der Waals surface area (Å²) in [7, 11) is 0. The maximum Gasteiger partial charge on any atom is 0 e. The molecule has 0 unspecified atom stereocenters. The van der Waals surface area contributed by atoms with Crippen molar-refractivity contribution in [3.8, 4) is 0 Å². The predicted octanol–water partition coefficient (Wildman–Crippen LogP) is 0.153. The fraction of sp³-hybridized carbons (Fsp3) is 0. The molecule has 0 aliphatic carbocycles. The second-order valence-electron chi connectivity index (χ2n) is 0. The Bertz CT molecular complexity index is 8.00. The summed E-state index contributed by atoms with van der Waals surface area (Å²) in [6, 6.07) is 0. The monoisotopic (exact) mass is 441 g/mol. The molecule has 0 fully saturated rings. The van der Waals surface area contributed by atoms with Gasteiger partial charge in [-0.3, -0.25) is 4.70 Å². The van der Waals surface area contributed by atoms with Crippen LogP contribution in [0.5, 0.6) is 0 Å². The summed E-state index contributed by atoms with van der Waals surface area (Å²) in [5.74, 6) is 0. The van der Waals surface area contributed by atoms with Gasteiger partial charge in [0.25, 0.3) is 0 Å². The Morgan fingerprint density at radius 1 is 1.00 bits per heavy atom. The standard InChI is InChI=1S/Ce.FH.La.Nd/h;1H;;. The third-order valence-corrected chi connectivity index (χ3v) is 0. The first-order valence-corrected chi connectivity index (χ1v) is 0. The molecule has 0 spiro atoms. The van der Waals surface area contributed by atoms with Crippen molar-refractivity contribution < 1.29 is 123 Å². The summed E-state index contributed by atoms with van der Waals surface area (Å²) in [5, 5.41) is 0. The molecule has 0 aliphatic heterocycles. The molecule has 0 N–H and O–H groups in total. The molecule has 4 heavy (non-hydrogen) atoms. The van der Waals surface area contributed by atoms with Gasteiger partial charge in [0.2, 0.25) is 0 Å². The number of rotatable bonds is 0. The Morgan fingerprint density at radius 2 is 1.00 bits per heavy atom. The van der Waals surface area contributed by atoms with E-state index < -0.39 is 0 Å². The molecule has 0 amide bonds. The van der Waals surface area contributed by atoms with Gasteiger partial charge in [-0.2, -0.15) is 0 Å². The zero-order chi connectivity index (χ0) is 0. The smallest absolute Gasteiger partial charge is 0 e. The summed E-state index contributed by atoms with van der Waals surface area (Å²) >= 11 is 0. The molecule has 0 bridgehead atoms. The Morgan fingerprint density at radius 3 is 1.00 bits per heavy atom. The van der Waals surface area contributed by atoms with Gasteiger partial charge in [0.05, 0.1) is 0 Å². The molecular formula is HCeFLaNd. The predicted molar refractivity (Wildman–Crippen MR) is 2.50 cm³/mol. The first kappa shape index (κ1) is 24.8. The van der Waals surface area contributed by atoms with Crippen LogP contribution in [0.2, 0.25) is 0 Å². The van der Waals surface area contributed by atoms with Gasteiger partial charge in [-0.15, -0.1) is 0 Å². The van der Waals surface area contributed by atoms with Crippen LogP contribution in [0.1, 0.15) is 0 Å². The van der Waals surface area contributed by atoms with E-state index in [1.54, 1.807) is 0 Å². The molecule has 0 aliphatic rings. The minimum atomic E-state index is 0. The van der Waals surface area contributed by atoms with Crippen molar-refractivity contribution in [2.45, 2.75) is 0 Å².